The molecule has 4 rings (SSSR count). The quantitative estimate of drug-likeness (QED) is 0.180. The predicted molar refractivity (Wildman–Crippen MR) is 147 cm³/mol. The molecule has 0 spiro atoms. The number of hydrogen-bond acceptors (Lipinski definition) is 8. The van der Waals surface area contributed by atoms with Crippen LogP contribution in [0.25, 0.3) is 10.9 Å². The molecule has 11 nitrogen and oxygen atoms in total. The van der Waals surface area contributed by atoms with Gasteiger partial charge in [0.2, 0.25) is 0 Å². The van der Waals surface area contributed by atoms with E-state index >= 15 is 0 Å². The highest BCUT2D eigenvalue weighted by Gasteiger charge is 2.25. The van der Waals surface area contributed by atoms with Crippen LogP contribution in [0.1, 0.15) is 11.4 Å². The molecule has 12 heteroatoms. The van der Waals surface area contributed by atoms with Crippen molar-refractivity contribution in [3.8, 4) is 0 Å². The molecule has 3 N–H and O–H groups in total. The second-order valence-electron chi connectivity index (χ2n) is 10.1. The van der Waals surface area contributed by atoms with Crippen molar-refractivity contribution >= 4 is 42.3 Å². The summed E-state index contributed by atoms with van der Waals surface area (Å²) in [7, 11) is -1.25. The lowest BCUT2D eigenvalue weighted by atomic mass is 10.2. The molecule has 2 amide bonds. The molecule has 0 unspecified atom stereocenters. The molecule has 38 heavy (non-hydrogen) atoms. The summed E-state index contributed by atoms with van der Waals surface area (Å²) >= 11 is 0. The van der Waals surface area contributed by atoms with Crippen molar-refractivity contribution in [2.45, 2.75) is 45.5 Å². The largest absolute Gasteiger partial charge is 0.383 e. The van der Waals surface area contributed by atoms with Gasteiger partial charge in [-0.3, -0.25) is 9.59 Å². The van der Waals surface area contributed by atoms with Crippen molar-refractivity contribution in [1.82, 2.24) is 29.6 Å². The highest BCUT2D eigenvalue weighted by atomic mass is 28.3. The van der Waals surface area contributed by atoms with E-state index in [0.29, 0.717) is 29.0 Å². The third-order valence-corrected chi connectivity index (χ3v) is 7.51. The van der Waals surface area contributed by atoms with Gasteiger partial charge >= 0.3 is 11.8 Å². The van der Waals surface area contributed by atoms with E-state index in [1.807, 2.05) is 30.3 Å². The Balaban J connectivity index is 1.54. The average Bonchev–Trinajstić information content (AvgIpc) is 3.33. The van der Waals surface area contributed by atoms with Crippen molar-refractivity contribution in [2.75, 3.05) is 17.7 Å². The number of nitrogens with zero attached hydrogens (tertiary/aromatic N) is 6. The van der Waals surface area contributed by atoms with Gasteiger partial charge in [-0.1, -0.05) is 50.0 Å². The Morgan fingerprint density at radius 2 is 1.76 bits per heavy atom. The zero-order chi connectivity index (χ0) is 27.1. The fourth-order valence-corrected chi connectivity index (χ4v) is 4.50. The first-order chi connectivity index (χ1) is 18.2. The number of fused-ring (bicyclic) bond motifs is 1. The zero-order valence-corrected chi connectivity index (χ0v) is 22.8. The van der Waals surface area contributed by atoms with Crippen molar-refractivity contribution in [2.24, 2.45) is 0 Å². The van der Waals surface area contributed by atoms with E-state index in [-0.39, 0.29) is 25.6 Å². The van der Waals surface area contributed by atoms with Crippen LogP contribution in [0.15, 0.2) is 61.2 Å². The van der Waals surface area contributed by atoms with E-state index in [9.17, 15) is 9.59 Å². The number of carbonyl (C=O) groups is 2. The first-order valence-electron chi connectivity index (χ1n) is 12.3. The number of benzene rings is 1. The second-order valence-corrected chi connectivity index (χ2v) is 15.7. The first kappa shape index (κ1) is 26.9. The van der Waals surface area contributed by atoms with Crippen molar-refractivity contribution in [3.63, 3.8) is 0 Å². The number of nitrogens with two attached hydrogens (primary N) is 1. The van der Waals surface area contributed by atoms with Crippen LogP contribution in [0.4, 0.5) is 11.5 Å². The molecule has 3 heterocycles. The molecule has 0 aliphatic carbocycles. The number of amides is 2. The predicted octanol–water partition coefficient (Wildman–Crippen LogP) is 3.28. The maximum atomic E-state index is 13.4. The molecule has 3 aromatic heterocycles. The molecule has 1 aromatic carbocycles. The summed E-state index contributed by atoms with van der Waals surface area (Å²) in [6, 6.07) is 12.1. The number of aromatic nitrogens is 5. The Hall–Kier alpha value is -4.16. The average molecular weight is 533 g/mol. The van der Waals surface area contributed by atoms with Gasteiger partial charge in [-0.2, -0.15) is 5.10 Å². The number of ether oxygens (including phenoxy) is 1. The second kappa shape index (κ2) is 11.9. The SMILES string of the molecule is C[Si](C)(C)CCOCn1ncc2c(N)ncc(NC(=O)C(=O)N(Cc3ccccc3)Cc3ncccn3)c21. The van der Waals surface area contributed by atoms with Crippen LogP contribution in [-0.2, 0) is 34.1 Å². The number of anilines is 2. The van der Waals surface area contributed by atoms with Gasteiger partial charge in [0.1, 0.15) is 18.4 Å². The summed E-state index contributed by atoms with van der Waals surface area (Å²) in [5, 5.41) is 7.63. The minimum Gasteiger partial charge on any atom is -0.383 e. The van der Waals surface area contributed by atoms with Gasteiger partial charge in [0.25, 0.3) is 0 Å². The van der Waals surface area contributed by atoms with Crippen LogP contribution >= 0.6 is 0 Å². The normalized spacial score (nSPS) is 11.4. The fraction of sp³-hybridized carbons (Fsp3) is 0.308. The Labute approximate surface area is 222 Å². The van der Waals surface area contributed by atoms with Crippen LogP contribution < -0.4 is 11.1 Å². The lowest BCUT2D eigenvalue weighted by molar-refractivity contribution is -0.144. The van der Waals surface area contributed by atoms with Gasteiger partial charge in [0.15, 0.2) is 0 Å². The van der Waals surface area contributed by atoms with Crippen molar-refractivity contribution in [3.05, 3.63) is 72.6 Å². The molecule has 0 aliphatic heterocycles. The minimum atomic E-state index is -1.25. The number of rotatable bonds is 10. The zero-order valence-electron chi connectivity index (χ0n) is 21.8. The summed E-state index contributed by atoms with van der Waals surface area (Å²) in [4.78, 5) is 40.6. The molecule has 4 aromatic rings. The van der Waals surface area contributed by atoms with Crippen LogP contribution in [0.3, 0.4) is 0 Å². The minimum absolute atomic E-state index is 0.0697. The molecule has 0 saturated carbocycles. The van der Waals surface area contributed by atoms with E-state index in [0.717, 1.165) is 11.6 Å². The molecular formula is C26H32N8O3Si. The van der Waals surface area contributed by atoms with Crippen LogP contribution in [-0.4, -0.2) is 56.1 Å². The highest BCUT2D eigenvalue weighted by molar-refractivity contribution is 6.76. The third-order valence-electron chi connectivity index (χ3n) is 5.81. The van der Waals surface area contributed by atoms with Gasteiger partial charge in [-0.05, 0) is 17.7 Å². The van der Waals surface area contributed by atoms with E-state index in [2.05, 4.69) is 45.0 Å². The van der Waals surface area contributed by atoms with Crippen LogP contribution in [0.2, 0.25) is 25.7 Å². The van der Waals surface area contributed by atoms with Crippen LogP contribution in [0, 0.1) is 0 Å². The highest BCUT2D eigenvalue weighted by Crippen LogP contribution is 2.26. The molecule has 0 saturated heterocycles. The Morgan fingerprint density at radius 3 is 2.47 bits per heavy atom. The van der Waals surface area contributed by atoms with Gasteiger partial charge in [-0.15, -0.1) is 0 Å². The van der Waals surface area contributed by atoms with Crippen LogP contribution in [0.5, 0.6) is 0 Å². The van der Waals surface area contributed by atoms with Gasteiger partial charge < -0.3 is 20.7 Å². The molecule has 0 atom stereocenters. The smallest absolute Gasteiger partial charge is 0.314 e. The van der Waals surface area contributed by atoms with Gasteiger partial charge in [-0.25, -0.2) is 19.6 Å². The lowest BCUT2D eigenvalue weighted by Crippen LogP contribution is -2.39. The number of pyridine rings is 1. The standard InChI is InChI=1S/C26H32N8O3Si/c1-38(2,3)13-12-37-18-34-23-20(14-31-34)24(27)30-15-21(23)32-25(35)26(36)33(16-19-8-5-4-6-9-19)17-22-28-10-7-11-29-22/h4-11,14-15H,12-13,16-18H2,1-3H3,(H2,27,30)(H,32,35). The Morgan fingerprint density at radius 1 is 1.03 bits per heavy atom. The van der Waals surface area contributed by atoms with Crippen molar-refractivity contribution in [1.29, 1.82) is 0 Å². The van der Waals surface area contributed by atoms with E-state index < -0.39 is 19.9 Å². The molecule has 0 bridgehead atoms. The molecule has 0 aliphatic rings. The maximum Gasteiger partial charge on any atom is 0.314 e. The molecule has 198 valence electrons. The molecule has 0 fully saturated rings. The Bertz CT molecular complexity index is 1350. The maximum absolute atomic E-state index is 13.4. The summed E-state index contributed by atoms with van der Waals surface area (Å²) in [5.74, 6) is -0.861. The number of nitrogens with one attached hydrogen (secondary N) is 1. The summed E-state index contributed by atoms with van der Waals surface area (Å²) in [6.45, 7) is 7.91. The molecular weight excluding hydrogens is 500 g/mol. The van der Waals surface area contributed by atoms with Gasteiger partial charge in [0.05, 0.1) is 35.5 Å². The van der Waals surface area contributed by atoms with Crippen molar-refractivity contribution < 1.29 is 14.3 Å². The fourth-order valence-electron chi connectivity index (χ4n) is 3.75. The third kappa shape index (κ3) is 6.98. The number of nitrogen functional groups attached to an aromatic ring is 1. The summed E-state index contributed by atoms with van der Waals surface area (Å²) < 4.78 is 7.46. The molecule has 0 radical (unpaired) electrons. The Kier molecular flexibility index (Phi) is 8.44. The number of carbonyl (C=O) groups excluding carboxylic acids is 2. The first-order valence-corrected chi connectivity index (χ1v) is 16.0. The van der Waals surface area contributed by atoms with E-state index in [1.54, 1.807) is 29.3 Å². The number of hydrogen-bond donors (Lipinski definition) is 2. The summed E-state index contributed by atoms with van der Waals surface area (Å²) in [6.07, 6.45) is 6.19. The topological polar surface area (TPSA) is 141 Å². The summed E-state index contributed by atoms with van der Waals surface area (Å²) in [5.41, 5.74) is 7.78. The monoisotopic (exact) mass is 532 g/mol. The van der Waals surface area contributed by atoms with E-state index in [1.165, 1.54) is 11.1 Å². The van der Waals surface area contributed by atoms with Gasteiger partial charge in [0, 0.05) is 33.6 Å². The lowest BCUT2D eigenvalue weighted by Gasteiger charge is -2.21. The van der Waals surface area contributed by atoms with E-state index in [4.69, 9.17) is 10.5 Å².